The van der Waals surface area contributed by atoms with Crippen molar-refractivity contribution in [2.45, 2.75) is 25.2 Å². The van der Waals surface area contributed by atoms with Crippen LogP contribution in [0.25, 0.3) is 5.65 Å². The van der Waals surface area contributed by atoms with Gasteiger partial charge in [0.2, 0.25) is 0 Å². The Kier molecular flexibility index (Phi) is 5.56. The maximum Gasteiger partial charge on any atom is 0.254 e. The lowest BCUT2D eigenvalue weighted by Gasteiger charge is -2.33. The van der Waals surface area contributed by atoms with Gasteiger partial charge in [-0.1, -0.05) is 30.3 Å². The van der Waals surface area contributed by atoms with Crippen molar-refractivity contribution < 1.29 is 9.59 Å². The number of carbonyl (C=O) groups is 2. The van der Waals surface area contributed by atoms with Crippen LogP contribution in [0.3, 0.4) is 0 Å². The Morgan fingerprint density at radius 1 is 1.06 bits per heavy atom. The first kappa shape index (κ1) is 20.8. The molecule has 0 spiro atoms. The number of amides is 2. The quantitative estimate of drug-likeness (QED) is 0.514. The van der Waals surface area contributed by atoms with Gasteiger partial charge in [-0.2, -0.15) is 5.10 Å². The zero-order valence-electron chi connectivity index (χ0n) is 18.1. The highest BCUT2D eigenvalue weighted by molar-refractivity contribution is 5.98. The van der Waals surface area contributed by atoms with E-state index in [1.165, 1.54) is 6.20 Å². The number of rotatable bonds is 5. The normalized spacial score (nSPS) is 16.1. The van der Waals surface area contributed by atoms with Gasteiger partial charge >= 0.3 is 0 Å². The number of benzene rings is 1. The van der Waals surface area contributed by atoms with Crippen LogP contribution >= 0.6 is 0 Å². The van der Waals surface area contributed by atoms with E-state index in [-0.39, 0.29) is 11.8 Å². The lowest BCUT2D eigenvalue weighted by molar-refractivity contribution is 0.0704. The Balaban J connectivity index is 1.36. The third kappa shape index (κ3) is 4.19. The number of aromatic nitrogens is 4. The molecule has 1 atom stereocenters. The van der Waals surface area contributed by atoms with Crippen molar-refractivity contribution in [1.82, 2.24) is 24.5 Å². The van der Waals surface area contributed by atoms with Crippen LogP contribution in [0.5, 0.6) is 0 Å². The van der Waals surface area contributed by atoms with Crippen LogP contribution in [0, 0.1) is 0 Å². The minimum Gasteiger partial charge on any atom is -0.365 e. The van der Waals surface area contributed by atoms with E-state index < -0.39 is 5.91 Å². The van der Waals surface area contributed by atoms with E-state index in [0.717, 1.165) is 29.8 Å². The molecule has 166 valence electrons. The van der Waals surface area contributed by atoms with E-state index in [1.807, 2.05) is 35.2 Å². The highest BCUT2D eigenvalue weighted by Gasteiger charge is 2.28. The second-order valence-electron chi connectivity index (χ2n) is 8.32. The maximum atomic E-state index is 13.3. The summed E-state index contributed by atoms with van der Waals surface area (Å²) in [6, 6.07) is 15.7. The highest BCUT2D eigenvalue weighted by Crippen LogP contribution is 2.28. The van der Waals surface area contributed by atoms with Gasteiger partial charge in [-0.15, -0.1) is 0 Å². The van der Waals surface area contributed by atoms with Crippen molar-refractivity contribution >= 4 is 17.5 Å². The van der Waals surface area contributed by atoms with Crippen LogP contribution < -0.4 is 5.73 Å². The van der Waals surface area contributed by atoms with Crippen molar-refractivity contribution in [2.75, 3.05) is 13.1 Å². The Morgan fingerprint density at radius 3 is 2.70 bits per heavy atom. The lowest BCUT2D eigenvalue weighted by atomic mass is 9.94. The lowest BCUT2D eigenvalue weighted by Crippen LogP contribution is -2.39. The standard InChI is InChI=1S/C25H24N6O2/c26-23(32)21-15-29-31-22(9-11-28-24(21)31)19-7-4-12-30(16-19)25(33)18-8-10-27-20(14-18)13-17-5-2-1-3-6-17/h1-3,5-6,8-11,14-15,19H,4,7,12-13,16H2,(H2,26,32)/t19-/m1/s1. The number of nitrogens with two attached hydrogens (primary N) is 1. The summed E-state index contributed by atoms with van der Waals surface area (Å²) in [5, 5.41) is 4.34. The molecule has 0 bridgehead atoms. The number of piperidine rings is 1. The second kappa shape index (κ2) is 8.82. The van der Waals surface area contributed by atoms with E-state index in [1.54, 1.807) is 23.0 Å². The van der Waals surface area contributed by atoms with Crippen molar-refractivity contribution in [1.29, 1.82) is 0 Å². The molecule has 33 heavy (non-hydrogen) atoms. The number of fused-ring (bicyclic) bond motifs is 1. The predicted octanol–water partition coefficient (Wildman–Crippen LogP) is 2.83. The maximum absolute atomic E-state index is 13.3. The van der Waals surface area contributed by atoms with E-state index in [0.29, 0.717) is 36.3 Å². The fourth-order valence-corrected chi connectivity index (χ4v) is 4.49. The zero-order chi connectivity index (χ0) is 22.8. The molecule has 2 N–H and O–H groups in total. The molecule has 1 aromatic carbocycles. The zero-order valence-corrected chi connectivity index (χ0v) is 18.1. The minimum absolute atomic E-state index is 0.00000184. The molecule has 5 rings (SSSR count). The Labute approximate surface area is 191 Å². The van der Waals surface area contributed by atoms with E-state index in [4.69, 9.17) is 5.73 Å². The van der Waals surface area contributed by atoms with Crippen molar-refractivity contribution in [3.63, 3.8) is 0 Å². The molecule has 8 nitrogen and oxygen atoms in total. The van der Waals surface area contributed by atoms with Crippen LogP contribution in [-0.2, 0) is 6.42 Å². The summed E-state index contributed by atoms with van der Waals surface area (Å²) in [5.74, 6) is -0.474. The van der Waals surface area contributed by atoms with Crippen LogP contribution in [0.15, 0.2) is 67.1 Å². The number of primary amides is 1. The number of hydrogen-bond donors (Lipinski definition) is 1. The molecule has 4 heterocycles. The van der Waals surface area contributed by atoms with Gasteiger partial charge in [0.1, 0.15) is 5.56 Å². The number of pyridine rings is 1. The first-order valence-electron chi connectivity index (χ1n) is 11.0. The molecule has 2 amide bonds. The third-order valence-electron chi connectivity index (χ3n) is 6.11. The molecule has 4 aromatic rings. The summed E-state index contributed by atoms with van der Waals surface area (Å²) >= 11 is 0. The average Bonchev–Trinajstić information content (AvgIpc) is 3.29. The summed E-state index contributed by atoms with van der Waals surface area (Å²) in [4.78, 5) is 35.6. The van der Waals surface area contributed by atoms with Gasteiger partial charge in [0, 0.05) is 49.1 Å². The van der Waals surface area contributed by atoms with Crippen LogP contribution in [0.4, 0.5) is 0 Å². The summed E-state index contributed by atoms with van der Waals surface area (Å²) in [7, 11) is 0. The summed E-state index contributed by atoms with van der Waals surface area (Å²) in [6.45, 7) is 1.27. The van der Waals surface area contributed by atoms with E-state index in [9.17, 15) is 9.59 Å². The molecule has 0 radical (unpaired) electrons. The van der Waals surface area contributed by atoms with Gasteiger partial charge in [0.15, 0.2) is 5.65 Å². The van der Waals surface area contributed by atoms with Gasteiger partial charge in [0.25, 0.3) is 11.8 Å². The molecule has 1 fully saturated rings. The Hall–Kier alpha value is -4.07. The molecule has 1 aliphatic heterocycles. The largest absolute Gasteiger partial charge is 0.365 e. The van der Waals surface area contributed by atoms with Crippen molar-refractivity contribution in [3.8, 4) is 0 Å². The van der Waals surface area contributed by atoms with Gasteiger partial charge in [-0.25, -0.2) is 9.50 Å². The molecule has 0 saturated carbocycles. The average molecular weight is 441 g/mol. The number of hydrogen-bond acceptors (Lipinski definition) is 5. The first-order valence-corrected chi connectivity index (χ1v) is 11.0. The van der Waals surface area contributed by atoms with Gasteiger partial charge in [0.05, 0.1) is 11.9 Å². The number of carbonyl (C=O) groups excluding carboxylic acids is 2. The van der Waals surface area contributed by atoms with Gasteiger partial charge in [-0.05, 0) is 36.6 Å². The highest BCUT2D eigenvalue weighted by atomic mass is 16.2. The monoisotopic (exact) mass is 440 g/mol. The molecular formula is C25H24N6O2. The molecule has 3 aromatic heterocycles. The fraction of sp³-hybridized carbons (Fsp3) is 0.240. The van der Waals surface area contributed by atoms with Gasteiger partial charge < -0.3 is 10.6 Å². The van der Waals surface area contributed by atoms with E-state index >= 15 is 0 Å². The van der Waals surface area contributed by atoms with E-state index in [2.05, 4.69) is 27.2 Å². The second-order valence-corrected chi connectivity index (χ2v) is 8.32. The summed E-state index contributed by atoms with van der Waals surface area (Å²) in [6.07, 6.45) is 7.30. The summed E-state index contributed by atoms with van der Waals surface area (Å²) in [5.41, 5.74) is 9.78. The SMILES string of the molecule is NC(=O)c1cnn2c([C@@H]3CCCN(C(=O)c4ccnc(Cc5ccccc5)c4)C3)ccnc12. The van der Waals surface area contributed by atoms with Crippen LogP contribution in [-0.4, -0.2) is 49.4 Å². The molecule has 0 unspecified atom stereocenters. The van der Waals surface area contributed by atoms with Crippen molar-refractivity contribution in [2.24, 2.45) is 5.73 Å². The predicted molar refractivity (Wildman–Crippen MR) is 123 cm³/mol. The smallest absolute Gasteiger partial charge is 0.254 e. The molecule has 8 heteroatoms. The summed E-state index contributed by atoms with van der Waals surface area (Å²) < 4.78 is 1.67. The third-order valence-corrected chi connectivity index (χ3v) is 6.11. The topological polar surface area (TPSA) is 106 Å². The Bertz CT molecular complexity index is 1320. The molecular weight excluding hydrogens is 416 g/mol. The minimum atomic E-state index is -0.556. The number of likely N-dealkylation sites (tertiary alicyclic amines) is 1. The first-order chi connectivity index (χ1) is 16.1. The fourth-order valence-electron chi connectivity index (χ4n) is 4.49. The number of nitrogens with zero attached hydrogens (tertiary/aromatic N) is 5. The van der Waals surface area contributed by atoms with Gasteiger partial charge in [-0.3, -0.25) is 14.6 Å². The molecule has 1 saturated heterocycles. The Morgan fingerprint density at radius 2 is 1.88 bits per heavy atom. The van der Waals surface area contributed by atoms with Crippen molar-refractivity contribution in [3.05, 3.63) is 95.2 Å². The van der Waals surface area contributed by atoms with Crippen LogP contribution in [0.2, 0.25) is 0 Å². The molecule has 0 aliphatic carbocycles. The van der Waals surface area contributed by atoms with Crippen LogP contribution in [0.1, 0.15) is 56.4 Å². The molecule has 1 aliphatic rings.